The van der Waals surface area contributed by atoms with Crippen LogP contribution in [0.15, 0.2) is 41.3 Å². The second-order valence-electron chi connectivity index (χ2n) is 6.73. The van der Waals surface area contributed by atoms with Crippen LogP contribution in [-0.4, -0.2) is 30.9 Å². The predicted molar refractivity (Wildman–Crippen MR) is 105 cm³/mol. The molecule has 0 unspecified atom stereocenters. The van der Waals surface area contributed by atoms with Gasteiger partial charge in [-0.15, -0.1) is 0 Å². The molecule has 1 aliphatic heterocycles. The van der Waals surface area contributed by atoms with E-state index in [0.717, 1.165) is 16.4 Å². The number of hydrogen-bond donors (Lipinski definition) is 1. The Hall–Kier alpha value is -1.03. The van der Waals surface area contributed by atoms with E-state index >= 15 is 0 Å². The molecular formula is C18H15Cl3F3NO3S. The molecule has 3 rings (SSSR count). The number of aliphatic hydroxyl groups is 1. The third-order valence-electron chi connectivity index (χ3n) is 4.83. The lowest BCUT2D eigenvalue weighted by molar-refractivity contribution is -0.137. The zero-order valence-corrected chi connectivity index (χ0v) is 17.8. The van der Waals surface area contributed by atoms with E-state index in [9.17, 15) is 26.7 Å². The fourth-order valence-electron chi connectivity index (χ4n) is 3.24. The van der Waals surface area contributed by atoms with E-state index in [0.29, 0.717) is 0 Å². The van der Waals surface area contributed by atoms with Crippen molar-refractivity contribution in [3.05, 3.63) is 62.6 Å². The number of benzene rings is 2. The maximum Gasteiger partial charge on any atom is 0.417 e. The van der Waals surface area contributed by atoms with Crippen LogP contribution >= 0.6 is 34.8 Å². The van der Waals surface area contributed by atoms with E-state index in [-0.39, 0.29) is 46.4 Å². The predicted octanol–water partition coefficient (Wildman–Crippen LogP) is 5.34. The van der Waals surface area contributed by atoms with Crippen LogP contribution in [0.25, 0.3) is 0 Å². The third kappa shape index (κ3) is 4.68. The molecule has 0 bridgehead atoms. The van der Waals surface area contributed by atoms with Gasteiger partial charge in [0.05, 0.1) is 21.1 Å². The Bertz CT molecular complexity index is 1020. The molecule has 0 saturated carbocycles. The summed E-state index contributed by atoms with van der Waals surface area (Å²) in [5, 5.41) is 10.7. The van der Waals surface area contributed by atoms with Crippen molar-refractivity contribution in [3.63, 3.8) is 0 Å². The maximum absolute atomic E-state index is 13.1. The van der Waals surface area contributed by atoms with Gasteiger partial charge in [0.25, 0.3) is 0 Å². The van der Waals surface area contributed by atoms with Crippen LogP contribution in [0.1, 0.15) is 24.0 Å². The molecule has 4 nitrogen and oxygen atoms in total. The Morgan fingerprint density at radius 3 is 2.03 bits per heavy atom. The first-order valence-electron chi connectivity index (χ1n) is 8.39. The molecule has 11 heteroatoms. The number of nitrogens with zero attached hydrogens (tertiary/aromatic N) is 1. The minimum Gasteiger partial charge on any atom is -0.385 e. The van der Waals surface area contributed by atoms with Crippen molar-refractivity contribution in [2.24, 2.45) is 0 Å². The topological polar surface area (TPSA) is 57.6 Å². The molecule has 29 heavy (non-hydrogen) atoms. The van der Waals surface area contributed by atoms with Crippen LogP contribution in [0.4, 0.5) is 13.2 Å². The van der Waals surface area contributed by atoms with Gasteiger partial charge in [0.2, 0.25) is 10.0 Å². The van der Waals surface area contributed by atoms with Crippen LogP contribution < -0.4 is 0 Å². The number of hydrogen-bond acceptors (Lipinski definition) is 3. The summed E-state index contributed by atoms with van der Waals surface area (Å²) in [6.07, 6.45) is -4.84. The molecule has 2 aromatic carbocycles. The van der Waals surface area contributed by atoms with Gasteiger partial charge < -0.3 is 5.11 Å². The largest absolute Gasteiger partial charge is 0.417 e. The van der Waals surface area contributed by atoms with Crippen LogP contribution in [0.2, 0.25) is 15.1 Å². The summed E-state index contributed by atoms with van der Waals surface area (Å²) in [6, 6.07) is 7.13. The highest BCUT2D eigenvalue weighted by molar-refractivity contribution is 7.89. The molecule has 0 aliphatic carbocycles. The van der Waals surface area contributed by atoms with Crippen molar-refractivity contribution in [2.45, 2.75) is 29.5 Å². The molecule has 2 aromatic rings. The fourth-order valence-corrected chi connectivity index (χ4v) is 5.64. The highest BCUT2D eigenvalue weighted by Gasteiger charge is 2.40. The van der Waals surface area contributed by atoms with E-state index in [2.05, 4.69) is 0 Å². The number of piperidine rings is 1. The van der Waals surface area contributed by atoms with Gasteiger partial charge in [-0.05, 0) is 48.7 Å². The molecule has 0 atom stereocenters. The van der Waals surface area contributed by atoms with Crippen molar-refractivity contribution >= 4 is 44.8 Å². The molecule has 0 spiro atoms. The number of alkyl halides is 3. The number of halogens is 6. The Morgan fingerprint density at radius 2 is 1.52 bits per heavy atom. The lowest BCUT2D eigenvalue weighted by Crippen LogP contribution is -2.45. The van der Waals surface area contributed by atoms with Crippen molar-refractivity contribution in [1.82, 2.24) is 4.31 Å². The standard InChI is InChI=1S/C18H15Cl3F3NO3S/c19-12-8-13(20)10-14(9-12)29(27,28)25-5-3-17(26,4-6-25)11-1-2-16(21)15(7-11)18(22,23)24/h1-2,7-10,26H,3-6H2. The molecule has 0 amide bonds. The fraction of sp³-hybridized carbons (Fsp3) is 0.333. The van der Waals surface area contributed by atoms with Crippen LogP contribution in [-0.2, 0) is 21.8 Å². The zero-order valence-electron chi connectivity index (χ0n) is 14.7. The number of rotatable bonds is 3. The molecule has 0 aromatic heterocycles. The quantitative estimate of drug-likeness (QED) is 0.635. The average molecular weight is 489 g/mol. The Balaban J connectivity index is 1.84. The highest BCUT2D eigenvalue weighted by atomic mass is 35.5. The van der Waals surface area contributed by atoms with Gasteiger partial charge in [-0.25, -0.2) is 8.42 Å². The second-order valence-corrected chi connectivity index (χ2v) is 9.95. The average Bonchev–Trinajstić information content (AvgIpc) is 2.60. The highest BCUT2D eigenvalue weighted by Crippen LogP contribution is 2.40. The summed E-state index contributed by atoms with van der Waals surface area (Å²) in [5.74, 6) is 0. The molecule has 0 radical (unpaired) electrons. The van der Waals surface area contributed by atoms with Crippen molar-refractivity contribution in [1.29, 1.82) is 0 Å². The van der Waals surface area contributed by atoms with E-state index in [1.165, 1.54) is 24.3 Å². The van der Waals surface area contributed by atoms with Gasteiger partial charge in [0, 0.05) is 23.1 Å². The van der Waals surface area contributed by atoms with Gasteiger partial charge >= 0.3 is 6.18 Å². The van der Waals surface area contributed by atoms with E-state index < -0.39 is 32.4 Å². The lowest BCUT2D eigenvalue weighted by Gasteiger charge is -2.38. The molecule has 158 valence electrons. The first kappa shape index (κ1) is 22.7. The zero-order chi connectivity index (χ0) is 21.6. The molecule has 1 aliphatic rings. The summed E-state index contributed by atoms with van der Waals surface area (Å²) in [6.45, 7) is -0.181. The summed E-state index contributed by atoms with van der Waals surface area (Å²) in [5.41, 5.74) is -2.62. The SMILES string of the molecule is O=S(=O)(c1cc(Cl)cc(Cl)c1)N1CCC(O)(c2ccc(Cl)c(C(F)(F)F)c2)CC1. The monoisotopic (exact) mass is 487 g/mol. The summed E-state index contributed by atoms with van der Waals surface area (Å²) >= 11 is 17.4. The number of sulfonamides is 1. The first-order valence-corrected chi connectivity index (χ1v) is 11.0. The van der Waals surface area contributed by atoms with E-state index in [1.54, 1.807) is 0 Å². The maximum atomic E-state index is 13.1. The minimum atomic E-state index is -4.67. The molecule has 1 saturated heterocycles. The summed E-state index contributed by atoms with van der Waals surface area (Å²) in [4.78, 5) is -0.0914. The normalized spacial score (nSPS) is 18.0. The smallest absolute Gasteiger partial charge is 0.385 e. The van der Waals surface area contributed by atoms with Crippen molar-refractivity contribution in [2.75, 3.05) is 13.1 Å². The molecule has 1 fully saturated rings. The minimum absolute atomic E-state index is 0.0390. The van der Waals surface area contributed by atoms with Gasteiger partial charge in [0.1, 0.15) is 0 Å². The van der Waals surface area contributed by atoms with E-state index in [1.807, 2.05) is 0 Å². The van der Waals surface area contributed by atoms with Crippen molar-refractivity contribution in [3.8, 4) is 0 Å². The molecular weight excluding hydrogens is 474 g/mol. The van der Waals surface area contributed by atoms with Gasteiger partial charge in [-0.1, -0.05) is 40.9 Å². The third-order valence-corrected chi connectivity index (χ3v) is 7.47. The van der Waals surface area contributed by atoms with Crippen LogP contribution in [0, 0.1) is 0 Å². The van der Waals surface area contributed by atoms with Gasteiger partial charge in [0.15, 0.2) is 0 Å². The van der Waals surface area contributed by atoms with Gasteiger partial charge in [-0.2, -0.15) is 17.5 Å². The summed E-state index contributed by atoms with van der Waals surface area (Å²) in [7, 11) is -3.93. The first-order chi connectivity index (χ1) is 13.3. The Morgan fingerprint density at radius 1 is 0.966 bits per heavy atom. The van der Waals surface area contributed by atoms with Gasteiger partial charge in [-0.3, -0.25) is 0 Å². The molecule has 1 heterocycles. The van der Waals surface area contributed by atoms with E-state index in [4.69, 9.17) is 34.8 Å². The van der Waals surface area contributed by atoms with Crippen molar-refractivity contribution < 1.29 is 26.7 Å². The Labute approximate surface area is 180 Å². The summed E-state index contributed by atoms with van der Waals surface area (Å²) < 4.78 is 66.2. The molecule has 1 N–H and O–H groups in total. The lowest BCUT2D eigenvalue weighted by atomic mass is 9.84. The second kappa shape index (κ2) is 7.90. The van der Waals surface area contributed by atoms with Crippen LogP contribution in [0.5, 0.6) is 0 Å². The van der Waals surface area contributed by atoms with Crippen LogP contribution in [0.3, 0.4) is 0 Å². The Kier molecular flexibility index (Phi) is 6.17.